The molecular formula is C8H16O5S. The molecule has 0 unspecified atom stereocenters. The molecule has 6 heteroatoms. The Balaban J connectivity index is 4.06. The summed E-state index contributed by atoms with van der Waals surface area (Å²) < 4.78 is 35.7. The molecule has 0 saturated carbocycles. The van der Waals surface area contributed by atoms with Gasteiger partial charge in [-0.05, 0) is 13.0 Å². The van der Waals surface area contributed by atoms with Crippen molar-refractivity contribution >= 4 is 10.1 Å². The van der Waals surface area contributed by atoms with Crippen LogP contribution in [0.3, 0.4) is 0 Å². The lowest BCUT2D eigenvalue weighted by molar-refractivity contribution is -0.156. The summed E-state index contributed by atoms with van der Waals surface area (Å²) in [6, 6.07) is 0. The number of hydrogen-bond acceptors (Lipinski definition) is 5. The number of rotatable bonds is 6. The van der Waals surface area contributed by atoms with E-state index < -0.39 is 15.9 Å². The first-order chi connectivity index (χ1) is 6.33. The highest BCUT2D eigenvalue weighted by Gasteiger charge is 2.17. The van der Waals surface area contributed by atoms with Gasteiger partial charge < -0.3 is 9.47 Å². The molecule has 0 aromatic rings. The molecule has 0 spiro atoms. The van der Waals surface area contributed by atoms with Crippen LogP contribution in [0.2, 0.25) is 0 Å². The highest BCUT2D eigenvalue weighted by molar-refractivity contribution is 7.85. The summed E-state index contributed by atoms with van der Waals surface area (Å²) in [5.41, 5.74) is 0. The summed E-state index contributed by atoms with van der Waals surface area (Å²) in [6.45, 7) is 1.67. The Hall–Kier alpha value is -0.430. The molecule has 0 atom stereocenters. The Morgan fingerprint density at radius 2 is 1.79 bits per heavy atom. The second-order valence-corrected chi connectivity index (χ2v) is 4.46. The largest absolute Gasteiger partial charge is 0.350 e. The van der Waals surface area contributed by atoms with Crippen LogP contribution in [0, 0.1) is 0 Å². The van der Waals surface area contributed by atoms with Crippen molar-refractivity contribution in [3.8, 4) is 0 Å². The molecule has 0 heterocycles. The predicted octanol–water partition coefficient (Wildman–Crippen LogP) is 0.528. The molecule has 5 nitrogen and oxygen atoms in total. The summed E-state index contributed by atoms with van der Waals surface area (Å²) >= 11 is 0. The standard InChI is InChI=1S/C8H16O5S/c1-8(11-2,12-3)6-5-7-13-14(4,9)10/h5-6H,7H2,1-4H3. The van der Waals surface area contributed by atoms with Gasteiger partial charge in [-0.3, -0.25) is 4.18 Å². The zero-order valence-electron chi connectivity index (χ0n) is 8.81. The molecule has 0 bridgehead atoms. The Kier molecular flexibility index (Phi) is 5.28. The monoisotopic (exact) mass is 224 g/mol. The average Bonchev–Trinajstić information content (AvgIpc) is 2.11. The van der Waals surface area contributed by atoms with E-state index in [9.17, 15) is 8.42 Å². The van der Waals surface area contributed by atoms with Crippen molar-refractivity contribution in [2.75, 3.05) is 27.1 Å². The van der Waals surface area contributed by atoms with E-state index in [1.165, 1.54) is 20.3 Å². The van der Waals surface area contributed by atoms with Gasteiger partial charge in [0.2, 0.25) is 0 Å². The van der Waals surface area contributed by atoms with Crippen molar-refractivity contribution in [2.45, 2.75) is 12.7 Å². The SMILES string of the molecule is COC(C)(C=CCOS(C)(=O)=O)OC. The molecule has 0 radical (unpaired) electrons. The summed E-state index contributed by atoms with van der Waals surface area (Å²) in [6.07, 6.45) is 4.10. The molecule has 0 fully saturated rings. The van der Waals surface area contributed by atoms with Gasteiger partial charge in [0.15, 0.2) is 5.79 Å². The van der Waals surface area contributed by atoms with Crippen LogP contribution in [0.4, 0.5) is 0 Å². The molecule has 84 valence electrons. The van der Waals surface area contributed by atoms with Gasteiger partial charge in [-0.15, -0.1) is 0 Å². The zero-order chi connectivity index (χ0) is 11.2. The minimum absolute atomic E-state index is 0.0266. The van der Waals surface area contributed by atoms with E-state index in [1.807, 2.05) is 0 Å². The van der Waals surface area contributed by atoms with E-state index in [0.29, 0.717) is 0 Å². The van der Waals surface area contributed by atoms with Crippen LogP contribution >= 0.6 is 0 Å². The fraction of sp³-hybridized carbons (Fsp3) is 0.750. The Bertz CT molecular complexity index is 276. The Morgan fingerprint density at radius 1 is 1.29 bits per heavy atom. The number of ether oxygens (including phenoxy) is 2. The zero-order valence-corrected chi connectivity index (χ0v) is 9.63. The third kappa shape index (κ3) is 6.09. The first-order valence-electron chi connectivity index (χ1n) is 3.95. The molecule has 0 aromatic carbocycles. The van der Waals surface area contributed by atoms with Gasteiger partial charge in [0.25, 0.3) is 10.1 Å². The first kappa shape index (κ1) is 13.6. The smallest absolute Gasteiger partial charge is 0.264 e. The number of hydrogen-bond donors (Lipinski definition) is 0. The van der Waals surface area contributed by atoms with E-state index in [4.69, 9.17) is 9.47 Å². The lowest BCUT2D eigenvalue weighted by atomic mass is 10.3. The normalized spacial score (nSPS) is 13.7. The van der Waals surface area contributed by atoms with Crippen molar-refractivity contribution in [2.24, 2.45) is 0 Å². The van der Waals surface area contributed by atoms with Crippen LogP contribution in [0.15, 0.2) is 12.2 Å². The van der Waals surface area contributed by atoms with E-state index in [1.54, 1.807) is 13.0 Å². The van der Waals surface area contributed by atoms with Gasteiger partial charge in [-0.25, -0.2) is 0 Å². The van der Waals surface area contributed by atoms with Crippen LogP contribution in [-0.4, -0.2) is 41.3 Å². The first-order valence-corrected chi connectivity index (χ1v) is 5.77. The molecule has 14 heavy (non-hydrogen) atoms. The quantitative estimate of drug-likeness (QED) is 0.374. The lowest BCUT2D eigenvalue weighted by Gasteiger charge is -2.21. The molecule has 0 aromatic heterocycles. The van der Waals surface area contributed by atoms with Gasteiger partial charge in [0, 0.05) is 14.2 Å². The highest BCUT2D eigenvalue weighted by Crippen LogP contribution is 2.11. The third-order valence-corrected chi connectivity index (χ3v) is 2.17. The Morgan fingerprint density at radius 3 is 2.14 bits per heavy atom. The van der Waals surface area contributed by atoms with Crippen LogP contribution in [-0.2, 0) is 23.8 Å². The van der Waals surface area contributed by atoms with E-state index in [2.05, 4.69) is 4.18 Å². The van der Waals surface area contributed by atoms with Gasteiger partial charge in [-0.2, -0.15) is 8.42 Å². The molecule has 0 aliphatic heterocycles. The maximum absolute atomic E-state index is 10.6. The summed E-state index contributed by atoms with van der Waals surface area (Å²) in [4.78, 5) is 0. The molecule has 0 aliphatic carbocycles. The van der Waals surface area contributed by atoms with Crippen LogP contribution in [0.25, 0.3) is 0 Å². The van der Waals surface area contributed by atoms with Gasteiger partial charge in [-0.1, -0.05) is 6.08 Å². The highest BCUT2D eigenvalue weighted by atomic mass is 32.2. The van der Waals surface area contributed by atoms with Crippen molar-refractivity contribution in [3.63, 3.8) is 0 Å². The molecule has 0 aliphatic rings. The average molecular weight is 224 g/mol. The molecule has 0 rings (SSSR count). The van der Waals surface area contributed by atoms with Crippen molar-refractivity contribution < 1.29 is 22.1 Å². The van der Waals surface area contributed by atoms with Crippen molar-refractivity contribution in [1.82, 2.24) is 0 Å². The van der Waals surface area contributed by atoms with Crippen molar-refractivity contribution in [3.05, 3.63) is 12.2 Å². The van der Waals surface area contributed by atoms with Gasteiger partial charge in [0.1, 0.15) is 0 Å². The lowest BCUT2D eigenvalue weighted by Crippen LogP contribution is -2.26. The predicted molar refractivity (Wildman–Crippen MR) is 52.4 cm³/mol. The number of methoxy groups -OCH3 is 2. The topological polar surface area (TPSA) is 61.8 Å². The molecule has 0 amide bonds. The van der Waals surface area contributed by atoms with Gasteiger partial charge >= 0.3 is 0 Å². The van der Waals surface area contributed by atoms with E-state index in [-0.39, 0.29) is 6.61 Å². The minimum Gasteiger partial charge on any atom is -0.350 e. The van der Waals surface area contributed by atoms with Crippen molar-refractivity contribution in [1.29, 1.82) is 0 Å². The second kappa shape index (κ2) is 5.45. The Labute approximate surface area is 84.8 Å². The van der Waals surface area contributed by atoms with Crippen LogP contribution < -0.4 is 0 Å². The summed E-state index contributed by atoms with van der Waals surface area (Å²) in [5.74, 6) is -0.846. The maximum Gasteiger partial charge on any atom is 0.264 e. The maximum atomic E-state index is 10.6. The summed E-state index contributed by atoms with van der Waals surface area (Å²) in [5, 5.41) is 0. The molecular weight excluding hydrogens is 208 g/mol. The van der Waals surface area contributed by atoms with E-state index >= 15 is 0 Å². The fourth-order valence-corrected chi connectivity index (χ4v) is 0.970. The van der Waals surface area contributed by atoms with E-state index in [0.717, 1.165) is 6.26 Å². The van der Waals surface area contributed by atoms with Gasteiger partial charge in [0.05, 0.1) is 12.9 Å². The molecule has 0 saturated heterocycles. The second-order valence-electron chi connectivity index (χ2n) is 2.82. The third-order valence-electron chi connectivity index (χ3n) is 1.61. The molecule has 0 N–H and O–H groups in total. The summed E-state index contributed by atoms with van der Waals surface area (Å²) in [7, 11) is -0.406. The minimum atomic E-state index is -3.39. The fourth-order valence-electron chi connectivity index (χ4n) is 0.644. The van der Waals surface area contributed by atoms with Crippen LogP contribution in [0.1, 0.15) is 6.92 Å². The van der Waals surface area contributed by atoms with Crippen LogP contribution in [0.5, 0.6) is 0 Å².